The van der Waals surface area contributed by atoms with Gasteiger partial charge in [0.25, 0.3) is 0 Å². The van der Waals surface area contributed by atoms with Crippen molar-refractivity contribution in [2.75, 3.05) is 0 Å². The Labute approximate surface area is 88.5 Å². The maximum absolute atomic E-state index is 11.1. The van der Waals surface area contributed by atoms with E-state index in [2.05, 4.69) is 26.1 Å². The molecule has 0 aliphatic carbocycles. The number of carbonyl (C=O) groups is 1. The standard InChI is InChI=1S/C12H25NO/c1-5-8-10-12(7-3,9-6-2)13-11(4)14/h5-10H2,1-4H3,(H,13,14). The van der Waals surface area contributed by atoms with E-state index in [0.717, 1.165) is 25.7 Å². The van der Waals surface area contributed by atoms with Crippen LogP contribution in [0.4, 0.5) is 0 Å². The van der Waals surface area contributed by atoms with Crippen molar-refractivity contribution in [3.8, 4) is 0 Å². The lowest BCUT2D eigenvalue weighted by Gasteiger charge is -2.33. The largest absolute Gasteiger partial charge is 0.351 e. The summed E-state index contributed by atoms with van der Waals surface area (Å²) in [6, 6.07) is 0. The van der Waals surface area contributed by atoms with Crippen molar-refractivity contribution in [1.82, 2.24) is 5.32 Å². The average Bonchev–Trinajstić information content (AvgIpc) is 2.14. The van der Waals surface area contributed by atoms with Gasteiger partial charge in [-0.15, -0.1) is 0 Å². The Morgan fingerprint density at radius 3 is 2.14 bits per heavy atom. The van der Waals surface area contributed by atoms with Crippen molar-refractivity contribution < 1.29 is 4.79 Å². The van der Waals surface area contributed by atoms with Gasteiger partial charge >= 0.3 is 0 Å². The zero-order chi connectivity index (χ0) is 11.0. The molecule has 14 heavy (non-hydrogen) atoms. The van der Waals surface area contributed by atoms with Gasteiger partial charge in [0.05, 0.1) is 0 Å². The van der Waals surface area contributed by atoms with E-state index in [9.17, 15) is 4.79 Å². The number of carbonyl (C=O) groups excluding carboxylic acids is 1. The molecule has 0 saturated carbocycles. The summed E-state index contributed by atoms with van der Waals surface area (Å²) in [6.45, 7) is 8.16. The van der Waals surface area contributed by atoms with Crippen LogP contribution >= 0.6 is 0 Å². The van der Waals surface area contributed by atoms with Gasteiger partial charge in [-0.25, -0.2) is 0 Å². The van der Waals surface area contributed by atoms with Crippen LogP contribution in [0.25, 0.3) is 0 Å². The SMILES string of the molecule is CCCCC(CC)(CCC)NC(C)=O. The molecule has 0 heterocycles. The first kappa shape index (κ1) is 13.5. The lowest BCUT2D eigenvalue weighted by atomic mass is 9.85. The number of rotatable bonds is 7. The molecule has 1 unspecified atom stereocenters. The molecule has 0 aromatic heterocycles. The highest BCUT2D eigenvalue weighted by molar-refractivity contribution is 5.73. The monoisotopic (exact) mass is 199 g/mol. The first-order valence-corrected chi connectivity index (χ1v) is 5.89. The maximum atomic E-state index is 11.1. The predicted molar refractivity (Wildman–Crippen MR) is 61.3 cm³/mol. The van der Waals surface area contributed by atoms with Crippen molar-refractivity contribution in [2.24, 2.45) is 0 Å². The minimum atomic E-state index is 0.0661. The minimum Gasteiger partial charge on any atom is -0.351 e. The van der Waals surface area contributed by atoms with Crippen LogP contribution in [-0.2, 0) is 4.79 Å². The van der Waals surface area contributed by atoms with Crippen LogP contribution in [0.3, 0.4) is 0 Å². The molecule has 2 nitrogen and oxygen atoms in total. The third-order valence-electron chi connectivity index (χ3n) is 2.86. The van der Waals surface area contributed by atoms with E-state index in [1.165, 1.54) is 12.8 Å². The van der Waals surface area contributed by atoms with E-state index in [4.69, 9.17) is 0 Å². The topological polar surface area (TPSA) is 29.1 Å². The number of hydrogen-bond donors (Lipinski definition) is 1. The summed E-state index contributed by atoms with van der Waals surface area (Å²) >= 11 is 0. The smallest absolute Gasteiger partial charge is 0.217 e. The molecule has 1 atom stereocenters. The van der Waals surface area contributed by atoms with E-state index in [1.54, 1.807) is 6.92 Å². The molecule has 0 spiro atoms. The Morgan fingerprint density at radius 2 is 1.79 bits per heavy atom. The summed E-state index contributed by atoms with van der Waals surface area (Å²) in [6.07, 6.45) is 6.80. The summed E-state index contributed by atoms with van der Waals surface area (Å²) < 4.78 is 0. The van der Waals surface area contributed by atoms with Crippen molar-refractivity contribution in [2.45, 2.75) is 71.8 Å². The molecule has 0 bridgehead atoms. The van der Waals surface area contributed by atoms with Crippen molar-refractivity contribution >= 4 is 5.91 Å². The van der Waals surface area contributed by atoms with Gasteiger partial charge in [-0.2, -0.15) is 0 Å². The first-order valence-electron chi connectivity index (χ1n) is 5.89. The molecule has 0 aromatic rings. The van der Waals surface area contributed by atoms with Gasteiger partial charge in [-0.3, -0.25) is 4.79 Å². The Kier molecular flexibility index (Phi) is 6.60. The van der Waals surface area contributed by atoms with Gasteiger partial charge in [0.2, 0.25) is 5.91 Å². The molecule has 0 rings (SSSR count). The fourth-order valence-corrected chi connectivity index (χ4v) is 2.06. The maximum Gasteiger partial charge on any atom is 0.217 e. The molecule has 0 aliphatic rings. The second kappa shape index (κ2) is 6.86. The second-order valence-corrected chi connectivity index (χ2v) is 4.17. The molecule has 2 heteroatoms. The van der Waals surface area contributed by atoms with Crippen LogP contribution in [0.1, 0.15) is 66.2 Å². The van der Waals surface area contributed by atoms with Crippen LogP contribution in [0, 0.1) is 0 Å². The molecule has 0 saturated heterocycles. The summed E-state index contributed by atoms with van der Waals surface area (Å²) in [5, 5.41) is 3.14. The molecule has 84 valence electrons. The van der Waals surface area contributed by atoms with Crippen LogP contribution < -0.4 is 5.32 Å². The van der Waals surface area contributed by atoms with Crippen LogP contribution in [0.5, 0.6) is 0 Å². The summed E-state index contributed by atoms with van der Waals surface area (Å²) in [5.74, 6) is 0.108. The fraction of sp³-hybridized carbons (Fsp3) is 0.917. The summed E-state index contributed by atoms with van der Waals surface area (Å²) in [4.78, 5) is 11.1. The van der Waals surface area contributed by atoms with Gasteiger partial charge in [-0.1, -0.05) is 40.0 Å². The molecule has 1 N–H and O–H groups in total. The third kappa shape index (κ3) is 4.64. The fourth-order valence-electron chi connectivity index (χ4n) is 2.06. The molecule has 0 aromatic carbocycles. The van der Waals surface area contributed by atoms with Crippen molar-refractivity contribution in [3.05, 3.63) is 0 Å². The Morgan fingerprint density at radius 1 is 1.14 bits per heavy atom. The minimum absolute atomic E-state index is 0.0661. The van der Waals surface area contributed by atoms with Crippen molar-refractivity contribution in [1.29, 1.82) is 0 Å². The van der Waals surface area contributed by atoms with E-state index in [0.29, 0.717) is 0 Å². The highest BCUT2D eigenvalue weighted by atomic mass is 16.1. The Balaban J connectivity index is 4.33. The Bertz CT molecular complexity index is 168. The van der Waals surface area contributed by atoms with E-state index in [1.807, 2.05) is 0 Å². The normalized spacial score (nSPS) is 14.9. The summed E-state index contributed by atoms with van der Waals surface area (Å²) in [5.41, 5.74) is 0.0661. The van der Waals surface area contributed by atoms with E-state index >= 15 is 0 Å². The second-order valence-electron chi connectivity index (χ2n) is 4.17. The van der Waals surface area contributed by atoms with Crippen LogP contribution in [0.15, 0.2) is 0 Å². The Hall–Kier alpha value is -0.530. The van der Waals surface area contributed by atoms with E-state index < -0.39 is 0 Å². The lowest BCUT2D eigenvalue weighted by Crippen LogP contribution is -2.47. The molecule has 0 radical (unpaired) electrons. The zero-order valence-electron chi connectivity index (χ0n) is 10.2. The average molecular weight is 199 g/mol. The molecule has 0 fully saturated rings. The molecule has 0 aliphatic heterocycles. The highest BCUT2D eigenvalue weighted by Crippen LogP contribution is 2.24. The van der Waals surface area contributed by atoms with Gasteiger partial charge < -0.3 is 5.32 Å². The molecule has 1 amide bonds. The van der Waals surface area contributed by atoms with Gasteiger partial charge in [0, 0.05) is 12.5 Å². The van der Waals surface area contributed by atoms with Crippen LogP contribution in [-0.4, -0.2) is 11.4 Å². The number of nitrogens with one attached hydrogen (secondary N) is 1. The number of unbranched alkanes of at least 4 members (excludes halogenated alkanes) is 1. The number of hydrogen-bond acceptors (Lipinski definition) is 1. The quantitative estimate of drug-likeness (QED) is 0.670. The third-order valence-corrected chi connectivity index (χ3v) is 2.86. The first-order chi connectivity index (χ1) is 6.60. The zero-order valence-corrected chi connectivity index (χ0v) is 10.2. The predicted octanol–water partition coefficient (Wildman–Crippen LogP) is 3.26. The molecular weight excluding hydrogens is 174 g/mol. The van der Waals surface area contributed by atoms with Gasteiger partial charge in [-0.05, 0) is 19.3 Å². The van der Waals surface area contributed by atoms with E-state index in [-0.39, 0.29) is 11.4 Å². The van der Waals surface area contributed by atoms with Crippen molar-refractivity contribution in [3.63, 3.8) is 0 Å². The highest BCUT2D eigenvalue weighted by Gasteiger charge is 2.26. The number of amides is 1. The van der Waals surface area contributed by atoms with Crippen LogP contribution in [0.2, 0.25) is 0 Å². The molecular formula is C12H25NO. The summed E-state index contributed by atoms with van der Waals surface area (Å²) in [7, 11) is 0. The van der Waals surface area contributed by atoms with Gasteiger partial charge in [0.15, 0.2) is 0 Å². The van der Waals surface area contributed by atoms with Gasteiger partial charge in [0.1, 0.15) is 0 Å². The lowest BCUT2D eigenvalue weighted by molar-refractivity contribution is -0.121.